The van der Waals surface area contributed by atoms with E-state index >= 15 is 0 Å². The Hall–Kier alpha value is -0.680. The number of hydrogen-bond acceptors (Lipinski definition) is 1. The van der Waals surface area contributed by atoms with Crippen molar-refractivity contribution in [1.82, 2.24) is 0 Å². The predicted octanol–water partition coefficient (Wildman–Crippen LogP) is 1.63. The van der Waals surface area contributed by atoms with Crippen LogP contribution in [0.5, 0.6) is 0 Å². The molecule has 0 aromatic rings. The number of carbonyl (C=O) groups is 1. The van der Waals surface area contributed by atoms with Gasteiger partial charge < -0.3 is 0 Å². The van der Waals surface area contributed by atoms with Crippen LogP contribution < -0.4 is 0 Å². The van der Waals surface area contributed by atoms with Crippen molar-refractivity contribution >= 4 is 6.04 Å². The van der Waals surface area contributed by atoms with Crippen LogP contribution in [0.15, 0.2) is 0 Å². The maximum absolute atomic E-state index is 11.3. The molecule has 0 bridgehead atoms. The van der Waals surface area contributed by atoms with E-state index in [1.807, 2.05) is 0 Å². The van der Waals surface area contributed by atoms with E-state index in [-0.39, 0.29) is 0 Å². The molecule has 0 aliphatic heterocycles. The number of halogens is 5. The highest BCUT2D eigenvalue weighted by Gasteiger charge is 2.45. The van der Waals surface area contributed by atoms with Gasteiger partial charge in [0.2, 0.25) is 0 Å². The molecule has 0 saturated heterocycles. The molecule has 0 spiro atoms. The molecule has 0 rings (SSSR count). The Bertz CT molecular complexity index is 128. The summed E-state index contributed by atoms with van der Waals surface area (Å²) in [5.74, 6) is -3.10. The first-order chi connectivity index (χ1) is 4.39. The molecule has 6 heteroatoms. The third-order valence-electron chi connectivity index (χ3n) is 0.823. The highest BCUT2D eigenvalue weighted by atomic mass is 19.4. The maximum atomic E-state index is 11.3. The molecule has 0 aliphatic rings. The molecular formula is C4H3F5O. The van der Waals surface area contributed by atoms with Gasteiger partial charge in [0.25, 0.3) is 0 Å². The topological polar surface area (TPSA) is 17.1 Å². The zero-order valence-electron chi connectivity index (χ0n) is 4.58. The minimum Gasteiger partial charge on any atom is -0.260 e. The predicted molar refractivity (Wildman–Crippen MR) is 21.6 cm³/mol. The highest BCUT2D eigenvalue weighted by molar-refractivity contribution is 5.72. The summed E-state index contributed by atoms with van der Waals surface area (Å²) in [4.78, 5) is 9.39. The van der Waals surface area contributed by atoms with Gasteiger partial charge in [-0.1, -0.05) is 0 Å². The molecule has 0 N–H and O–H groups in total. The van der Waals surface area contributed by atoms with Crippen molar-refractivity contribution < 1.29 is 26.7 Å². The Balaban J connectivity index is 4.22. The maximum Gasteiger partial charge on any atom is 0.403 e. The number of rotatable bonds is 2. The van der Waals surface area contributed by atoms with Gasteiger partial charge in [-0.3, -0.25) is 4.79 Å². The second kappa shape index (κ2) is 2.94. The molecule has 0 heterocycles. The third-order valence-corrected chi connectivity index (χ3v) is 0.823. The summed E-state index contributed by atoms with van der Waals surface area (Å²) in [6.07, 6.45) is -5.11. The van der Waals surface area contributed by atoms with E-state index in [0.717, 1.165) is 0 Å². The molecule has 0 aliphatic carbocycles. The molecule has 1 atom stereocenters. The fourth-order valence-electron chi connectivity index (χ4n) is 0.277. The van der Waals surface area contributed by atoms with E-state index in [9.17, 15) is 26.7 Å². The summed E-state index contributed by atoms with van der Waals surface area (Å²) in [6, 6.07) is -2.69. The van der Waals surface area contributed by atoms with Crippen LogP contribution in [0.1, 0.15) is 0 Å². The van der Waals surface area contributed by atoms with Gasteiger partial charge in [-0.05, 0) is 0 Å². The first kappa shape index (κ1) is 9.32. The first-order valence-corrected chi connectivity index (χ1v) is 2.21. The molecule has 0 aromatic heterocycles. The molecule has 1 unspecified atom stereocenters. The number of carbonyl (C=O) groups excluding carboxylic acids is 1. The number of alkyl halides is 4. The Kier molecular flexibility index (Phi) is 2.74. The Morgan fingerprint density at radius 3 is 1.80 bits per heavy atom. The van der Waals surface area contributed by atoms with Gasteiger partial charge in [-0.2, -0.15) is 17.6 Å². The van der Waals surface area contributed by atoms with Crippen molar-refractivity contribution in [2.45, 2.75) is 6.18 Å². The normalized spacial score (nSPS) is 14.9. The average molecular weight is 162 g/mol. The van der Waals surface area contributed by atoms with Gasteiger partial charge >= 0.3 is 12.2 Å². The lowest BCUT2D eigenvalue weighted by molar-refractivity contribution is -0.190. The Morgan fingerprint density at radius 1 is 1.40 bits per heavy atom. The molecule has 0 amide bonds. The van der Waals surface area contributed by atoms with Crippen LogP contribution >= 0.6 is 0 Å². The largest absolute Gasteiger partial charge is 0.403 e. The number of hydrogen-bond donors (Lipinski definition) is 0. The minimum atomic E-state index is -5.11. The second-order valence-electron chi connectivity index (χ2n) is 1.55. The van der Waals surface area contributed by atoms with Gasteiger partial charge in [0.15, 0.2) is 5.92 Å². The monoisotopic (exact) mass is 162 g/mol. The van der Waals surface area contributed by atoms with E-state index in [0.29, 0.717) is 0 Å². The summed E-state index contributed by atoms with van der Waals surface area (Å²) in [5.41, 5.74) is 0. The summed E-state index contributed by atoms with van der Waals surface area (Å²) in [6.45, 7) is -2.04. The van der Waals surface area contributed by atoms with Crippen molar-refractivity contribution in [2.75, 3.05) is 6.67 Å². The average Bonchev–Trinajstić information content (AvgIpc) is 1.60. The van der Waals surface area contributed by atoms with Crippen LogP contribution in [-0.4, -0.2) is 18.9 Å². The van der Waals surface area contributed by atoms with Crippen molar-refractivity contribution in [3.05, 3.63) is 0 Å². The van der Waals surface area contributed by atoms with Crippen molar-refractivity contribution in [1.29, 1.82) is 0 Å². The third kappa shape index (κ3) is 2.28. The minimum absolute atomic E-state index is 2.04. The smallest absolute Gasteiger partial charge is 0.260 e. The molecule has 0 radical (unpaired) electrons. The van der Waals surface area contributed by atoms with E-state index in [4.69, 9.17) is 0 Å². The molecule has 0 fully saturated rings. The van der Waals surface area contributed by atoms with Crippen molar-refractivity contribution in [3.63, 3.8) is 0 Å². The first-order valence-electron chi connectivity index (χ1n) is 2.21. The molecule has 10 heavy (non-hydrogen) atoms. The molecule has 60 valence electrons. The van der Waals surface area contributed by atoms with Gasteiger partial charge in [-0.15, -0.1) is 0 Å². The summed E-state index contributed by atoms with van der Waals surface area (Å²) < 4.78 is 56.3. The van der Waals surface area contributed by atoms with Crippen molar-refractivity contribution in [3.8, 4) is 0 Å². The quantitative estimate of drug-likeness (QED) is 0.445. The molecule has 0 aromatic carbocycles. The highest BCUT2D eigenvalue weighted by Crippen LogP contribution is 2.27. The van der Waals surface area contributed by atoms with E-state index in [2.05, 4.69) is 0 Å². The van der Waals surface area contributed by atoms with Crippen LogP contribution in [0, 0.1) is 5.92 Å². The van der Waals surface area contributed by atoms with E-state index in [1.165, 1.54) is 0 Å². The van der Waals surface area contributed by atoms with E-state index in [1.54, 1.807) is 0 Å². The van der Waals surface area contributed by atoms with Gasteiger partial charge in [0.1, 0.15) is 6.67 Å². The second-order valence-corrected chi connectivity index (χ2v) is 1.55. The Morgan fingerprint density at radius 2 is 1.80 bits per heavy atom. The Labute approximate surface area is 52.8 Å². The van der Waals surface area contributed by atoms with Crippen LogP contribution in [-0.2, 0) is 4.79 Å². The SMILES string of the molecule is O=C(F)C(CF)C(F)(F)F. The molecule has 0 saturated carbocycles. The fraction of sp³-hybridized carbons (Fsp3) is 0.750. The van der Waals surface area contributed by atoms with Crippen molar-refractivity contribution in [2.24, 2.45) is 5.92 Å². The lowest BCUT2D eigenvalue weighted by Crippen LogP contribution is -2.30. The summed E-state index contributed by atoms with van der Waals surface area (Å²) in [5, 5.41) is 0. The zero-order chi connectivity index (χ0) is 8.36. The van der Waals surface area contributed by atoms with Crippen LogP contribution in [0.25, 0.3) is 0 Å². The van der Waals surface area contributed by atoms with Crippen LogP contribution in [0.2, 0.25) is 0 Å². The molecule has 1 nitrogen and oxygen atoms in total. The molecular weight excluding hydrogens is 159 g/mol. The zero-order valence-corrected chi connectivity index (χ0v) is 4.58. The van der Waals surface area contributed by atoms with Gasteiger partial charge in [-0.25, -0.2) is 4.39 Å². The van der Waals surface area contributed by atoms with Gasteiger partial charge in [0.05, 0.1) is 0 Å². The summed E-state index contributed by atoms with van der Waals surface area (Å²) in [7, 11) is 0. The summed E-state index contributed by atoms with van der Waals surface area (Å²) >= 11 is 0. The standard InChI is InChI=1S/C4H3F5O/c5-1-2(3(6)10)4(7,8)9/h2H,1H2. The van der Waals surface area contributed by atoms with Crippen LogP contribution in [0.4, 0.5) is 22.0 Å². The van der Waals surface area contributed by atoms with E-state index < -0.39 is 24.8 Å². The fourth-order valence-corrected chi connectivity index (χ4v) is 0.277. The lowest BCUT2D eigenvalue weighted by atomic mass is 10.2. The van der Waals surface area contributed by atoms with Crippen LogP contribution in [0.3, 0.4) is 0 Å². The lowest BCUT2D eigenvalue weighted by Gasteiger charge is -2.10. The van der Waals surface area contributed by atoms with Gasteiger partial charge in [0, 0.05) is 0 Å².